The quantitative estimate of drug-likeness (QED) is 0.355. The highest BCUT2D eigenvalue weighted by atomic mass is 32.1. The van der Waals surface area contributed by atoms with Gasteiger partial charge in [-0.2, -0.15) is 0 Å². The summed E-state index contributed by atoms with van der Waals surface area (Å²) in [5.74, 6) is 0.312. The van der Waals surface area contributed by atoms with Crippen LogP contribution in [0.4, 0.5) is 5.69 Å². The van der Waals surface area contributed by atoms with Gasteiger partial charge < -0.3 is 15.4 Å². The molecule has 4 heterocycles. The Kier molecular flexibility index (Phi) is 5.65. The van der Waals surface area contributed by atoms with E-state index in [2.05, 4.69) is 20.6 Å². The smallest absolute Gasteiger partial charge is 0.274 e. The van der Waals surface area contributed by atoms with Crippen LogP contribution in [0.5, 0.6) is 5.75 Å². The van der Waals surface area contributed by atoms with Crippen LogP contribution in [0.2, 0.25) is 0 Å². The van der Waals surface area contributed by atoms with Crippen LogP contribution in [0.15, 0.2) is 85.1 Å². The zero-order valence-electron chi connectivity index (χ0n) is 18.6. The highest BCUT2D eigenvalue weighted by Crippen LogP contribution is 2.34. The second-order valence-electron chi connectivity index (χ2n) is 8.18. The van der Waals surface area contributed by atoms with E-state index in [0.717, 1.165) is 39.6 Å². The zero-order valence-corrected chi connectivity index (χ0v) is 19.5. The lowest BCUT2D eigenvalue weighted by molar-refractivity contribution is 0.102. The lowest BCUT2D eigenvalue weighted by Gasteiger charge is -2.28. The minimum absolute atomic E-state index is 0.0882. The van der Waals surface area contributed by atoms with E-state index < -0.39 is 0 Å². The molecule has 1 saturated heterocycles. The third kappa shape index (κ3) is 4.49. The van der Waals surface area contributed by atoms with Gasteiger partial charge in [-0.25, -0.2) is 15.0 Å². The molecule has 2 aromatic carbocycles. The lowest BCUT2D eigenvalue weighted by Crippen LogP contribution is -2.50. The second-order valence-corrected chi connectivity index (χ2v) is 9.16. The van der Waals surface area contributed by atoms with E-state index in [1.54, 1.807) is 12.3 Å². The largest absolute Gasteiger partial charge is 0.488 e. The maximum absolute atomic E-state index is 13.4. The number of ether oxygens (including phenoxy) is 1. The van der Waals surface area contributed by atoms with Crippen molar-refractivity contribution in [1.82, 2.24) is 20.3 Å². The van der Waals surface area contributed by atoms with Gasteiger partial charge in [-0.3, -0.25) is 4.79 Å². The molecule has 0 spiro atoms. The first-order chi connectivity index (χ1) is 17.2. The van der Waals surface area contributed by atoms with Gasteiger partial charge in [0.15, 0.2) is 0 Å². The number of pyridine rings is 2. The summed E-state index contributed by atoms with van der Waals surface area (Å²) in [4.78, 5) is 28.0. The monoisotopic (exact) mass is 479 g/mol. The van der Waals surface area contributed by atoms with Crippen molar-refractivity contribution in [2.75, 3.05) is 18.4 Å². The molecule has 2 N–H and O–H groups in total. The normalized spacial score (nSPS) is 13.4. The molecule has 7 nitrogen and oxygen atoms in total. The number of benzene rings is 2. The Morgan fingerprint density at radius 3 is 2.60 bits per heavy atom. The summed E-state index contributed by atoms with van der Waals surface area (Å²) in [6.45, 7) is 1.57. The molecule has 0 unspecified atom stereocenters. The van der Waals surface area contributed by atoms with Gasteiger partial charge in [0.2, 0.25) is 0 Å². The van der Waals surface area contributed by atoms with Crippen LogP contribution < -0.4 is 15.4 Å². The third-order valence-corrected chi connectivity index (χ3v) is 6.73. The van der Waals surface area contributed by atoms with E-state index in [1.807, 2.05) is 72.8 Å². The average molecular weight is 480 g/mol. The Balaban J connectivity index is 1.34. The Bertz CT molecular complexity index is 1480. The lowest BCUT2D eigenvalue weighted by atomic mass is 10.1. The van der Waals surface area contributed by atoms with Crippen LogP contribution in [0.25, 0.3) is 32.2 Å². The molecule has 1 aliphatic rings. The number of para-hydroxylation sites is 1. The third-order valence-electron chi connectivity index (χ3n) is 5.72. The van der Waals surface area contributed by atoms with E-state index in [0.29, 0.717) is 17.1 Å². The maximum atomic E-state index is 13.4. The number of carbonyl (C=O) groups is 1. The number of amides is 1. The molecular formula is C27H21N5O2S. The molecule has 6 rings (SSSR count). The number of rotatable bonds is 6. The van der Waals surface area contributed by atoms with Crippen molar-refractivity contribution >= 4 is 33.3 Å². The molecule has 3 aromatic heterocycles. The number of nitrogens with zero attached hydrogens (tertiary/aromatic N) is 3. The molecule has 0 aliphatic carbocycles. The minimum Gasteiger partial charge on any atom is -0.488 e. The van der Waals surface area contributed by atoms with E-state index in [1.165, 1.54) is 11.3 Å². The van der Waals surface area contributed by atoms with Crippen molar-refractivity contribution in [3.63, 3.8) is 0 Å². The highest BCUT2D eigenvalue weighted by Gasteiger charge is 2.21. The number of carbonyl (C=O) groups excluding carboxylic acids is 1. The molecule has 8 heteroatoms. The maximum Gasteiger partial charge on any atom is 0.274 e. The first kappa shape index (κ1) is 21.4. The van der Waals surface area contributed by atoms with Crippen molar-refractivity contribution < 1.29 is 9.53 Å². The number of fused-ring (bicyclic) bond motifs is 1. The number of anilines is 1. The van der Waals surface area contributed by atoms with E-state index in [4.69, 9.17) is 9.72 Å². The number of aromatic nitrogens is 3. The van der Waals surface area contributed by atoms with Crippen molar-refractivity contribution in [2.45, 2.75) is 6.10 Å². The predicted molar refractivity (Wildman–Crippen MR) is 138 cm³/mol. The first-order valence-electron chi connectivity index (χ1n) is 11.3. The Labute approximate surface area is 205 Å². The predicted octanol–water partition coefficient (Wildman–Crippen LogP) is 5.02. The molecule has 1 aliphatic heterocycles. The molecule has 172 valence electrons. The fraction of sp³-hybridized carbons (Fsp3) is 0.111. The fourth-order valence-electron chi connectivity index (χ4n) is 3.83. The van der Waals surface area contributed by atoms with Gasteiger partial charge in [-0.05, 0) is 24.3 Å². The molecule has 5 aromatic rings. The van der Waals surface area contributed by atoms with Gasteiger partial charge in [-0.1, -0.05) is 53.8 Å². The van der Waals surface area contributed by atoms with Crippen LogP contribution in [0.3, 0.4) is 0 Å². The van der Waals surface area contributed by atoms with Crippen LogP contribution in [-0.4, -0.2) is 40.1 Å². The second kappa shape index (κ2) is 9.25. The van der Waals surface area contributed by atoms with Crippen molar-refractivity contribution in [3.8, 4) is 27.6 Å². The SMILES string of the molecule is O=C(Nc1ccccc1-c1nc2cccnc2s1)c1cc(OC2CNC2)cc(-c2ccccc2)n1. The van der Waals surface area contributed by atoms with Gasteiger partial charge in [0.05, 0.1) is 11.4 Å². The number of nitrogens with one attached hydrogen (secondary N) is 2. The standard InChI is InChI=1S/C27H21N5O2S/c33-25(31-21-10-5-4-9-20(21)26-32-22-11-6-12-29-27(22)35-26)24-14-18(34-19-15-28-16-19)13-23(30-24)17-7-2-1-3-8-17/h1-14,19,28H,15-16H2,(H,31,33). The number of hydrogen-bond acceptors (Lipinski definition) is 7. The van der Waals surface area contributed by atoms with E-state index >= 15 is 0 Å². The summed E-state index contributed by atoms with van der Waals surface area (Å²) in [5, 5.41) is 7.03. The molecule has 0 saturated carbocycles. The Morgan fingerprint density at radius 1 is 0.971 bits per heavy atom. The van der Waals surface area contributed by atoms with Gasteiger partial charge in [-0.15, -0.1) is 0 Å². The summed E-state index contributed by atoms with van der Waals surface area (Å²) >= 11 is 1.49. The molecule has 0 radical (unpaired) electrons. The van der Waals surface area contributed by atoms with E-state index in [9.17, 15) is 4.79 Å². The number of thiazole rings is 1. The molecular weight excluding hydrogens is 458 g/mol. The summed E-state index contributed by atoms with van der Waals surface area (Å²) < 4.78 is 6.08. The molecule has 1 fully saturated rings. The van der Waals surface area contributed by atoms with Crippen molar-refractivity contribution in [1.29, 1.82) is 0 Å². The van der Waals surface area contributed by atoms with Gasteiger partial charge in [0.25, 0.3) is 5.91 Å². The van der Waals surface area contributed by atoms with Crippen molar-refractivity contribution in [3.05, 3.63) is 90.8 Å². The van der Waals surface area contributed by atoms with Gasteiger partial charge in [0, 0.05) is 42.5 Å². The Morgan fingerprint density at radius 2 is 1.80 bits per heavy atom. The van der Waals surface area contributed by atoms with Crippen LogP contribution >= 0.6 is 11.3 Å². The Hall–Kier alpha value is -4.14. The average Bonchev–Trinajstić information content (AvgIpc) is 3.31. The summed E-state index contributed by atoms with van der Waals surface area (Å²) in [7, 11) is 0. The van der Waals surface area contributed by atoms with Gasteiger partial charge in [0.1, 0.15) is 32.9 Å². The number of hydrogen-bond donors (Lipinski definition) is 2. The minimum atomic E-state index is -0.314. The summed E-state index contributed by atoms with van der Waals surface area (Å²) in [6.07, 6.45) is 1.84. The van der Waals surface area contributed by atoms with E-state index in [-0.39, 0.29) is 17.7 Å². The molecule has 35 heavy (non-hydrogen) atoms. The van der Waals surface area contributed by atoms with Gasteiger partial charge >= 0.3 is 0 Å². The zero-order chi connectivity index (χ0) is 23.6. The molecule has 0 atom stereocenters. The topological polar surface area (TPSA) is 89.0 Å². The highest BCUT2D eigenvalue weighted by molar-refractivity contribution is 7.21. The molecule has 0 bridgehead atoms. The first-order valence-corrected chi connectivity index (χ1v) is 12.1. The summed E-state index contributed by atoms with van der Waals surface area (Å²) in [6, 6.07) is 24.8. The van der Waals surface area contributed by atoms with Crippen LogP contribution in [-0.2, 0) is 0 Å². The van der Waals surface area contributed by atoms with Crippen molar-refractivity contribution in [2.24, 2.45) is 0 Å². The van der Waals surface area contributed by atoms with Crippen LogP contribution in [0.1, 0.15) is 10.5 Å². The fourth-order valence-corrected chi connectivity index (χ4v) is 4.78. The van der Waals surface area contributed by atoms with Crippen LogP contribution in [0, 0.1) is 0 Å². The summed E-state index contributed by atoms with van der Waals surface area (Å²) in [5.41, 5.74) is 4.22. The molecule has 1 amide bonds.